The van der Waals surface area contributed by atoms with Crippen molar-refractivity contribution in [2.75, 3.05) is 12.3 Å². The van der Waals surface area contributed by atoms with Crippen LogP contribution in [0.4, 0.5) is 0 Å². The average Bonchev–Trinajstić information content (AvgIpc) is 2.92. The lowest BCUT2D eigenvalue weighted by Gasteiger charge is -2.19. The van der Waals surface area contributed by atoms with E-state index in [1.54, 1.807) is 0 Å². The van der Waals surface area contributed by atoms with Gasteiger partial charge in [0.15, 0.2) is 0 Å². The van der Waals surface area contributed by atoms with Crippen LogP contribution in [0, 0.1) is 5.92 Å². The fourth-order valence-corrected chi connectivity index (χ4v) is 4.58. The summed E-state index contributed by atoms with van der Waals surface area (Å²) >= 11 is 5.48. The van der Waals surface area contributed by atoms with E-state index >= 15 is 0 Å². The Labute approximate surface area is 139 Å². The topological polar surface area (TPSA) is 26.0 Å². The van der Waals surface area contributed by atoms with E-state index in [0.717, 1.165) is 17.4 Å². The fourth-order valence-electron chi connectivity index (χ4n) is 3.04. The van der Waals surface area contributed by atoms with Crippen LogP contribution in [0.2, 0.25) is 0 Å². The van der Waals surface area contributed by atoms with Crippen molar-refractivity contribution >= 4 is 27.7 Å². The number of fused-ring (bicyclic) bond motifs is 1. The Bertz CT molecular complexity index is 596. The van der Waals surface area contributed by atoms with Gasteiger partial charge in [-0.25, -0.2) is 0 Å². The maximum Gasteiger partial charge on any atom is 0.0175 e. The van der Waals surface area contributed by atoms with Gasteiger partial charge in [-0.2, -0.15) is 0 Å². The molecule has 0 amide bonds. The zero-order valence-corrected chi connectivity index (χ0v) is 14.4. The van der Waals surface area contributed by atoms with E-state index in [-0.39, 0.29) is 0 Å². The summed E-state index contributed by atoms with van der Waals surface area (Å²) in [6.07, 6.45) is 2.27. The number of rotatable bonds is 5. The Kier molecular flexibility index (Phi) is 5.04. The summed E-state index contributed by atoms with van der Waals surface area (Å²) in [5, 5.41) is 0. The summed E-state index contributed by atoms with van der Waals surface area (Å²) in [6, 6.07) is 17.4. The van der Waals surface area contributed by atoms with E-state index in [2.05, 4.69) is 64.5 Å². The Morgan fingerprint density at radius 2 is 1.90 bits per heavy atom. The zero-order chi connectivity index (χ0) is 14.7. The van der Waals surface area contributed by atoms with Crippen molar-refractivity contribution in [3.8, 4) is 0 Å². The number of hydrogen-bond acceptors (Lipinski definition) is 2. The molecule has 0 aliphatic carbocycles. The lowest BCUT2D eigenvalue weighted by atomic mass is 9.87. The summed E-state index contributed by atoms with van der Waals surface area (Å²) in [5.41, 5.74) is 8.94. The second kappa shape index (κ2) is 6.99. The van der Waals surface area contributed by atoms with Gasteiger partial charge in [0, 0.05) is 15.1 Å². The molecule has 0 spiro atoms. The molecule has 1 nitrogen and oxygen atoms in total. The van der Waals surface area contributed by atoms with Crippen LogP contribution in [0.3, 0.4) is 0 Å². The van der Waals surface area contributed by atoms with Crippen molar-refractivity contribution in [2.24, 2.45) is 11.7 Å². The predicted molar refractivity (Wildman–Crippen MR) is 94.9 cm³/mol. The fraction of sp³-hybridized carbons (Fsp3) is 0.333. The Morgan fingerprint density at radius 1 is 1.14 bits per heavy atom. The van der Waals surface area contributed by atoms with Gasteiger partial charge in [0.05, 0.1) is 0 Å². The Hall–Kier alpha value is -0.770. The van der Waals surface area contributed by atoms with Crippen molar-refractivity contribution in [3.05, 3.63) is 64.1 Å². The first-order valence-electron chi connectivity index (χ1n) is 7.42. The standard InChI is InChI=1S/C18H20BrNS/c19-16-7-5-13(6-8-16)9-14(11-20)10-15-12-21-18-4-2-1-3-17(15)18/h1-8,14-15H,9-12,20H2. The summed E-state index contributed by atoms with van der Waals surface area (Å²) < 4.78 is 1.14. The van der Waals surface area contributed by atoms with Crippen molar-refractivity contribution < 1.29 is 0 Å². The SMILES string of the molecule is NCC(Cc1ccc(Br)cc1)CC1CSc2ccccc21. The molecular formula is C18H20BrNS. The van der Waals surface area contributed by atoms with Crippen LogP contribution in [0.25, 0.3) is 0 Å². The van der Waals surface area contributed by atoms with E-state index in [1.165, 1.54) is 28.2 Å². The highest BCUT2D eigenvalue weighted by atomic mass is 79.9. The molecule has 2 atom stereocenters. The second-order valence-electron chi connectivity index (χ2n) is 5.71. The van der Waals surface area contributed by atoms with Crippen LogP contribution >= 0.6 is 27.7 Å². The molecule has 0 saturated carbocycles. The van der Waals surface area contributed by atoms with Gasteiger partial charge >= 0.3 is 0 Å². The zero-order valence-electron chi connectivity index (χ0n) is 12.0. The number of halogens is 1. The summed E-state index contributed by atoms with van der Waals surface area (Å²) in [7, 11) is 0. The van der Waals surface area contributed by atoms with Crippen LogP contribution in [0.5, 0.6) is 0 Å². The van der Waals surface area contributed by atoms with Crippen molar-refractivity contribution in [1.82, 2.24) is 0 Å². The first-order valence-corrected chi connectivity index (χ1v) is 9.20. The van der Waals surface area contributed by atoms with Crippen LogP contribution in [-0.4, -0.2) is 12.3 Å². The van der Waals surface area contributed by atoms with Crippen LogP contribution in [0.1, 0.15) is 23.5 Å². The molecule has 0 radical (unpaired) electrons. The predicted octanol–water partition coefficient (Wildman–Crippen LogP) is 4.85. The number of benzene rings is 2. The molecule has 1 aliphatic heterocycles. The normalized spacial score (nSPS) is 18.5. The number of nitrogens with two attached hydrogens (primary N) is 1. The number of thioether (sulfide) groups is 1. The molecule has 3 heteroatoms. The molecule has 3 rings (SSSR count). The third-order valence-corrected chi connectivity index (χ3v) is 5.97. The van der Waals surface area contributed by atoms with Gasteiger partial charge in [-0.1, -0.05) is 46.3 Å². The molecule has 2 aromatic rings. The first-order chi connectivity index (χ1) is 10.3. The maximum atomic E-state index is 6.03. The van der Waals surface area contributed by atoms with E-state index < -0.39 is 0 Å². The van der Waals surface area contributed by atoms with Gasteiger partial charge in [0.1, 0.15) is 0 Å². The Balaban J connectivity index is 1.67. The molecule has 1 heterocycles. The van der Waals surface area contributed by atoms with Gasteiger partial charge in [-0.3, -0.25) is 0 Å². The molecule has 0 aromatic heterocycles. The average molecular weight is 362 g/mol. The van der Waals surface area contributed by atoms with Gasteiger partial charge in [-0.05, 0) is 60.5 Å². The van der Waals surface area contributed by atoms with Crippen LogP contribution in [0.15, 0.2) is 57.9 Å². The minimum Gasteiger partial charge on any atom is -0.330 e. The molecule has 2 unspecified atom stereocenters. The lowest BCUT2D eigenvalue weighted by molar-refractivity contribution is 0.457. The highest BCUT2D eigenvalue weighted by Crippen LogP contribution is 2.42. The molecule has 2 aromatic carbocycles. The van der Waals surface area contributed by atoms with E-state index in [1.807, 2.05) is 11.8 Å². The molecular weight excluding hydrogens is 342 g/mol. The molecule has 0 bridgehead atoms. The highest BCUT2D eigenvalue weighted by Gasteiger charge is 2.25. The number of hydrogen-bond donors (Lipinski definition) is 1. The van der Waals surface area contributed by atoms with E-state index in [4.69, 9.17) is 5.73 Å². The molecule has 1 aliphatic rings. The van der Waals surface area contributed by atoms with Crippen LogP contribution < -0.4 is 5.73 Å². The largest absolute Gasteiger partial charge is 0.330 e. The molecule has 0 fully saturated rings. The molecule has 2 N–H and O–H groups in total. The van der Waals surface area contributed by atoms with Crippen LogP contribution in [-0.2, 0) is 6.42 Å². The van der Waals surface area contributed by atoms with E-state index in [9.17, 15) is 0 Å². The highest BCUT2D eigenvalue weighted by molar-refractivity contribution is 9.10. The summed E-state index contributed by atoms with van der Waals surface area (Å²) in [4.78, 5) is 1.46. The molecule has 0 saturated heterocycles. The molecule has 110 valence electrons. The lowest BCUT2D eigenvalue weighted by Crippen LogP contribution is -2.19. The van der Waals surface area contributed by atoms with Gasteiger partial charge in [0.2, 0.25) is 0 Å². The molecule has 21 heavy (non-hydrogen) atoms. The van der Waals surface area contributed by atoms with Crippen molar-refractivity contribution in [2.45, 2.75) is 23.7 Å². The monoisotopic (exact) mass is 361 g/mol. The van der Waals surface area contributed by atoms with Gasteiger partial charge in [-0.15, -0.1) is 11.8 Å². The third kappa shape index (κ3) is 3.71. The summed E-state index contributed by atoms with van der Waals surface area (Å²) in [6.45, 7) is 0.763. The quantitative estimate of drug-likeness (QED) is 0.823. The van der Waals surface area contributed by atoms with Crippen molar-refractivity contribution in [3.63, 3.8) is 0 Å². The first kappa shape index (κ1) is 15.1. The van der Waals surface area contributed by atoms with Crippen molar-refractivity contribution in [1.29, 1.82) is 0 Å². The summed E-state index contributed by atoms with van der Waals surface area (Å²) in [5.74, 6) is 2.43. The minimum absolute atomic E-state index is 0.558. The smallest absolute Gasteiger partial charge is 0.0175 e. The van der Waals surface area contributed by atoms with Gasteiger partial charge in [0.25, 0.3) is 0 Å². The second-order valence-corrected chi connectivity index (χ2v) is 7.69. The maximum absolute atomic E-state index is 6.03. The minimum atomic E-state index is 0.558. The Morgan fingerprint density at radius 3 is 2.67 bits per heavy atom. The van der Waals surface area contributed by atoms with E-state index in [0.29, 0.717) is 11.8 Å². The third-order valence-electron chi connectivity index (χ3n) is 4.19. The van der Waals surface area contributed by atoms with Gasteiger partial charge < -0.3 is 5.73 Å².